The smallest absolute Gasteiger partial charge is 0.244 e. The summed E-state index contributed by atoms with van der Waals surface area (Å²) in [5, 5.41) is 2.99. The molecule has 0 spiro atoms. The monoisotopic (exact) mass is 301 g/mol. The number of sulfonamides is 1. The molecule has 1 aromatic heterocycles. The standard InChI is InChI=1S/C13H23N3O3S/c1-3-19-12-4-6-16(7-5-12)20(17,18)13-8-11(9-14-2)15-10-13/h8,10,12,14-15H,3-7,9H2,1-2H3. The second-order valence-corrected chi connectivity index (χ2v) is 6.89. The highest BCUT2D eigenvalue weighted by atomic mass is 32.2. The van der Waals surface area contributed by atoms with E-state index in [0.717, 1.165) is 18.5 Å². The highest BCUT2D eigenvalue weighted by molar-refractivity contribution is 7.89. The molecule has 1 aromatic rings. The van der Waals surface area contributed by atoms with E-state index in [4.69, 9.17) is 4.74 Å². The second-order valence-electron chi connectivity index (χ2n) is 4.95. The van der Waals surface area contributed by atoms with Gasteiger partial charge in [0.05, 0.1) is 11.0 Å². The van der Waals surface area contributed by atoms with E-state index >= 15 is 0 Å². The lowest BCUT2D eigenvalue weighted by molar-refractivity contribution is 0.0290. The van der Waals surface area contributed by atoms with Crippen LogP contribution in [0.5, 0.6) is 0 Å². The molecule has 6 nitrogen and oxygen atoms in total. The Morgan fingerprint density at radius 2 is 2.15 bits per heavy atom. The summed E-state index contributed by atoms with van der Waals surface area (Å²) in [7, 11) is -1.55. The van der Waals surface area contributed by atoms with Crippen LogP contribution < -0.4 is 5.32 Å². The van der Waals surface area contributed by atoms with Crippen LogP contribution in [0.4, 0.5) is 0 Å². The topological polar surface area (TPSA) is 74.4 Å². The molecule has 2 rings (SSSR count). The van der Waals surface area contributed by atoms with E-state index in [1.54, 1.807) is 16.6 Å². The number of piperidine rings is 1. The fourth-order valence-electron chi connectivity index (χ4n) is 2.48. The Morgan fingerprint density at radius 1 is 1.45 bits per heavy atom. The number of ether oxygens (including phenoxy) is 1. The predicted octanol–water partition coefficient (Wildman–Crippen LogP) is 0.924. The van der Waals surface area contributed by atoms with Gasteiger partial charge in [-0.1, -0.05) is 0 Å². The third-order valence-electron chi connectivity index (χ3n) is 3.52. The second kappa shape index (κ2) is 6.71. The van der Waals surface area contributed by atoms with Crippen molar-refractivity contribution < 1.29 is 13.2 Å². The average Bonchev–Trinajstić information content (AvgIpc) is 2.90. The highest BCUT2D eigenvalue weighted by Gasteiger charge is 2.30. The molecule has 1 fully saturated rings. The van der Waals surface area contributed by atoms with Crippen LogP contribution in [0, 0.1) is 0 Å². The molecule has 1 aliphatic rings. The Morgan fingerprint density at radius 3 is 2.75 bits per heavy atom. The van der Waals surface area contributed by atoms with Crippen LogP contribution in [0.1, 0.15) is 25.5 Å². The van der Waals surface area contributed by atoms with Crippen LogP contribution in [0.3, 0.4) is 0 Å². The van der Waals surface area contributed by atoms with Gasteiger partial charge in [0.1, 0.15) is 0 Å². The normalized spacial score (nSPS) is 18.5. The summed E-state index contributed by atoms with van der Waals surface area (Å²) in [4.78, 5) is 3.33. The number of aromatic amines is 1. The lowest BCUT2D eigenvalue weighted by atomic mass is 10.1. The molecule has 0 aromatic carbocycles. The van der Waals surface area contributed by atoms with Gasteiger partial charge in [-0.15, -0.1) is 0 Å². The van der Waals surface area contributed by atoms with Crippen LogP contribution in [-0.4, -0.2) is 50.6 Å². The van der Waals surface area contributed by atoms with E-state index in [2.05, 4.69) is 10.3 Å². The molecule has 0 unspecified atom stereocenters. The van der Waals surface area contributed by atoms with Crippen molar-refractivity contribution in [2.24, 2.45) is 0 Å². The first kappa shape index (κ1) is 15.5. The number of nitrogens with one attached hydrogen (secondary N) is 2. The summed E-state index contributed by atoms with van der Waals surface area (Å²) in [6.07, 6.45) is 3.29. The first-order valence-corrected chi connectivity index (χ1v) is 8.45. The number of nitrogens with zero attached hydrogens (tertiary/aromatic N) is 1. The lowest BCUT2D eigenvalue weighted by Crippen LogP contribution is -2.40. The Balaban J connectivity index is 2.03. The molecule has 2 N–H and O–H groups in total. The van der Waals surface area contributed by atoms with E-state index in [9.17, 15) is 8.42 Å². The third-order valence-corrected chi connectivity index (χ3v) is 5.40. The molecule has 0 aliphatic carbocycles. The maximum Gasteiger partial charge on any atom is 0.244 e. The van der Waals surface area contributed by atoms with Gasteiger partial charge in [-0.3, -0.25) is 0 Å². The molecule has 2 heterocycles. The molecule has 1 saturated heterocycles. The number of hydrogen-bond donors (Lipinski definition) is 2. The minimum atomic E-state index is -3.38. The van der Waals surface area contributed by atoms with E-state index in [0.29, 0.717) is 31.1 Å². The van der Waals surface area contributed by atoms with Crippen LogP contribution >= 0.6 is 0 Å². The molecular weight excluding hydrogens is 278 g/mol. The largest absolute Gasteiger partial charge is 0.378 e. The molecule has 0 atom stereocenters. The zero-order valence-corrected chi connectivity index (χ0v) is 12.9. The summed E-state index contributed by atoms with van der Waals surface area (Å²) in [5.41, 5.74) is 0.871. The first-order chi connectivity index (χ1) is 9.57. The minimum Gasteiger partial charge on any atom is -0.378 e. The van der Waals surface area contributed by atoms with Crippen molar-refractivity contribution in [3.05, 3.63) is 18.0 Å². The summed E-state index contributed by atoms with van der Waals surface area (Å²) in [6, 6.07) is 1.69. The van der Waals surface area contributed by atoms with Gasteiger partial charge in [-0.2, -0.15) is 4.31 Å². The summed E-state index contributed by atoms with van der Waals surface area (Å²) in [6.45, 7) is 4.33. The summed E-state index contributed by atoms with van der Waals surface area (Å²) >= 11 is 0. The van der Waals surface area contributed by atoms with Crippen LogP contribution in [0.25, 0.3) is 0 Å². The van der Waals surface area contributed by atoms with Crippen molar-refractivity contribution in [3.63, 3.8) is 0 Å². The Labute approximate surface area is 120 Å². The predicted molar refractivity (Wildman–Crippen MR) is 77.0 cm³/mol. The maximum atomic E-state index is 12.5. The van der Waals surface area contributed by atoms with Gasteiger partial charge >= 0.3 is 0 Å². The van der Waals surface area contributed by atoms with Crippen molar-refractivity contribution in [3.8, 4) is 0 Å². The molecule has 1 aliphatic heterocycles. The summed E-state index contributed by atoms with van der Waals surface area (Å²) in [5.74, 6) is 0. The van der Waals surface area contributed by atoms with Gasteiger partial charge in [-0.05, 0) is 32.9 Å². The molecule has 114 valence electrons. The first-order valence-electron chi connectivity index (χ1n) is 7.01. The fourth-order valence-corrected chi connectivity index (χ4v) is 3.97. The number of hydrogen-bond acceptors (Lipinski definition) is 4. The Bertz CT molecular complexity index is 519. The van der Waals surface area contributed by atoms with E-state index in [1.165, 1.54) is 0 Å². The SMILES string of the molecule is CCOC1CCN(S(=O)(=O)c2c[nH]c(CNC)c2)CC1. The van der Waals surface area contributed by atoms with Crippen LogP contribution in [-0.2, 0) is 21.3 Å². The summed E-state index contributed by atoms with van der Waals surface area (Å²) < 4.78 is 32.1. The van der Waals surface area contributed by atoms with E-state index < -0.39 is 10.0 Å². The molecule has 0 bridgehead atoms. The fraction of sp³-hybridized carbons (Fsp3) is 0.692. The van der Waals surface area contributed by atoms with Gasteiger partial charge in [0.15, 0.2) is 0 Å². The molecule has 0 saturated carbocycles. The van der Waals surface area contributed by atoms with Gasteiger partial charge in [0.2, 0.25) is 10.0 Å². The molecule has 7 heteroatoms. The van der Waals surface area contributed by atoms with Gasteiger partial charge in [-0.25, -0.2) is 8.42 Å². The third kappa shape index (κ3) is 3.41. The average molecular weight is 301 g/mol. The molecule has 20 heavy (non-hydrogen) atoms. The molecule has 0 amide bonds. The van der Waals surface area contributed by atoms with Crippen LogP contribution in [0.15, 0.2) is 17.2 Å². The number of aromatic nitrogens is 1. The van der Waals surface area contributed by atoms with Gasteiger partial charge in [0, 0.05) is 38.1 Å². The minimum absolute atomic E-state index is 0.192. The molecular formula is C13H23N3O3S. The van der Waals surface area contributed by atoms with Crippen molar-refractivity contribution in [2.45, 2.75) is 37.3 Å². The van der Waals surface area contributed by atoms with Crippen molar-refractivity contribution in [1.29, 1.82) is 0 Å². The van der Waals surface area contributed by atoms with Gasteiger partial charge < -0.3 is 15.0 Å². The maximum absolute atomic E-state index is 12.5. The van der Waals surface area contributed by atoms with Crippen molar-refractivity contribution in [2.75, 3.05) is 26.7 Å². The number of rotatable bonds is 6. The van der Waals surface area contributed by atoms with Gasteiger partial charge in [0.25, 0.3) is 0 Å². The van der Waals surface area contributed by atoms with Crippen molar-refractivity contribution in [1.82, 2.24) is 14.6 Å². The highest BCUT2D eigenvalue weighted by Crippen LogP contribution is 2.22. The zero-order valence-electron chi connectivity index (χ0n) is 12.1. The van der Waals surface area contributed by atoms with Crippen LogP contribution in [0.2, 0.25) is 0 Å². The Kier molecular flexibility index (Phi) is 5.20. The number of H-pyrrole nitrogens is 1. The van der Waals surface area contributed by atoms with Crippen molar-refractivity contribution >= 4 is 10.0 Å². The zero-order chi connectivity index (χ0) is 14.6. The van der Waals surface area contributed by atoms with E-state index in [-0.39, 0.29) is 6.10 Å². The van der Waals surface area contributed by atoms with E-state index in [1.807, 2.05) is 14.0 Å². The molecule has 0 radical (unpaired) electrons. The lowest BCUT2D eigenvalue weighted by Gasteiger charge is -2.30. The Hall–Kier alpha value is -0.890. The quantitative estimate of drug-likeness (QED) is 0.819.